The Balaban J connectivity index is 1.83. The number of hydrogen-bond acceptors (Lipinski definition) is 6. The lowest BCUT2D eigenvalue weighted by molar-refractivity contribution is 0.321. The van der Waals surface area contributed by atoms with Gasteiger partial charge in [-0.1, -0.05) is 23.7 Å². The minimum Gasteiger partial charge on any atom is -0.229 e. The van der Waals surface area contributed by atoms with Gasteiger partial charge in [0.25, 0.3) is 0 Å². The van der Waals surface area contributed by atoms with Gasteiger partial charge in [0.2, 0.25) is 5.16 Å². The average Bonchev–Trinajstić information content (AvgIpc) is 3.09. The Morgan fingerprint density at radius 3 is 2.59 bits per heavy atom. The first-order valence-corrected chi connectivity index (χ1v) is 8.69. The summed E-state index contributed by atoms with van der Waals surface area (Å²) in [6.07, 6.45) is 0. The summed E-state index contributed by atoms with van der Waals surface area (Å²) in [5.41, 5.74) is 1.81. The quantitative estimate of drug-likeness (QED) is 0.701. The van der Waals surface area contributed by atoms with Gasteiger partial charge in [0.05, 0.1) is 11.2 Å². The van der Waals surface area contributed by atoms with Gasteiger partial charge in [-0.2, -0.15) is 0 Å². The third kappa shape index (κ3) is 3.31. The summed E-state index contributed by atoms with van der Waals surface area (Å²) in [5.74, 6) is 0. The summed E-state index contributed by atoms with van der Waals surface area (Å²) in [4.78, 5) is 4.64. The molecule has 22 heavy (non-hydrogen) atoms. The number of nitrogens with zero attached hydrogens (tertiary/aromatic N) is 5. The predicted octanol–water partition coefficient (Wildman–Crippen LogP) is 4.36. The molecule has 3 rings (SSSR count). The molecule has 0 saturated carbocycles. The molecule has 0 aliphatic carbocycles. The minimum atomic E-state index is -0.165. The second kappa shape index (κ2) is 5.98. The van der Waals surface area contributed by atoms with Gasteiger partial charge in [0, 0.05) is 16.0 Å². The zero-order valence-electron chi connectivity index (χ0n) is 12.3. The van der Waals surface area contributed by atoms with Crippen LogP contribution < -0.4 is 0 Å². The molecule has 0 atom stereocenters. The Morgan fingerprint density at radius 2 is 1.91 bits per heavy atom. The van der Waals surface area contributed by atoms with E-state index in [2.05, 4.69) is 41.3 Å². The molecule has 0 spiro atoms. The lowest BCUT2D eigenvalue weighted by Crippen LogP contribution is -2.24. The van der Waals surface area contributed by atoms with Gasteiger partial charge in [-0.3, -0.25) is 0 Å². The van der Waals surface area contributed by atoms with Crippen LogP contribution in [0.25, 0.3) is 11.3 Å². The van der Waals surface area contributed by atoms with E-state index in [-0.39, 0.29) is 5.54 Å². The first-order chi connectivity index (χ1) is 10.4. The molecule has 0 aliphatic rings. The number of aromatic nitrogens is 5. The molecule has 8 heteroatoms. The molecule has 2 heterocycles. The largest absolute Gasteiger partial charge is 0.229 e. The van der Waals surface area contributed by atoms with E-state index in [4.69, 9.17) is 11.6 Å². The van der Waals surface area contributed by atoms with Crippen molar-refractivity contribution < 1.29 is 0 Å². The van der Waals surface area contributed by atoms with Crippen LogP contribution in [-0.4, -0.2) is 25.2 Å². The highest BCUT2D eigenvalue weighted by Crippen LogP contribution is 2.33. The number of halogens is 1. The lowest BCUT2D eigenvalue weighted by atomic mass is 10.1. The highest BCUT2D eigenvalue weighted by Gasteiger charge is 2.21. The van der Waals surface area contributed by atoms with Crippen molar-refractivity contribution in [2.75, 3.05) is 0 Å². The number of tetrazole rings is 1. The zero-order chi connectivity index (χ0) is 15.7. The molecule has 2 aromatic heterocycles. The van der Waals surface area contributed by atoms with Gasteiger partial charge in [-0.15, -0.1) is 16.4 Å². The third-order valence-corrected chi connectivity index (χ3v) is 5.01. The standard InChI is InChI=1S/C14H14ClN5S2/c1-14(2,3)20-12(17-18-19-20)22-13-16-11(8-21-13)9-4-6-10(15)7-5-9/h4-8H,1-3H3. The summed E-state index contributed by atoms with van der Waals surface area (Å²) in [5, 5.41) is 15.4. The highest BCUT2D eigenvalue weighted by atomic mass is 35.5. The van der Waals surface area contributed by atoms with E-state index in [1.807, 2.05) is 29.6 Å². The summed E-state index contributed by atoms with van der Waals surface area (Å²) in [6.45, 7) is 6.19. The van der Waals surface area contributed by atoms with Crippen LogP contribution in [0.3, 0.4) is 0 Å². The molecular formula is C14H14ClN5S2. The van der Waals surface area contributed by atoms with E-state index in [1.165, 1.54) is 11.8 Å². The van der Waals surface area contributed by atoms with Crippen LogP contribution in [0.15, 0.2) is 39.1 Å². The Hall–Kier alpha value is -1.44. The second-order valence-electron chi connectivity index (χ2n) is 5.65. The molecule has 0 saturated heterocycles. The molecule has 0 radical (unpaired) electrons. The summed E-state index contributed by atoms with van der Waals surface area (Å²) in [7, 11) is 0. The van der Waals surface area contributed by atoms with Crippen LogP contribution in [-0.2, 0) is 5.54 Å². The van der Waals surface area contributed by atoms with Crippen molar-refractivity contribution in [2.24, 2.45) is 0 Å². The molecule has 0 fully saturated rings. The van der Waals surface area contributed by atoms with E-state index in [9.17, 15) is 0 Å². The Kier molecular flexibility index (Phi) is 4.20. The van der Waals surface area contributed by atoms with E-state index in [0.29, 0.717) is 0 Å². The molecule has 0 aliphatic heterocycles. The molecular weight excluding hydrogens is 338 g/mol. The maximum Gasteiger partial charge on any atom is 0.216 e. The van der Waals surface area contributed by atoms with Gasteiger partial charge in [0.1, 0.15) is 0 Å². The molecule has 3 aromatic rings. The Labute approximate surface area is 141 Å². The maximum atomic E-state index is 5.91. The molecule has 0 unspecified atom stereocenters. The molecule has 1 aromatic carbocycles. The van der Waals surface area contributed by atoms with Crippen LogP contribution >= 0.6 is 34.7 Å². The average molecular weight is 352 g/mol. The van der Waals surface area contributed by atoms with Crippen LogP contribution in [0.1, 0.15) is 20.8 Å². The number of thiazole rings is 1. The number of rotatable bonds is 3. The fourth-order valence-corrected chi connectivity index (χ4v) is 3.81. The molecule has 0 amide bonds. The smallest absolute Gasteiger partial charge is 0.216 e. The monoisotopic (exact) mass is 351 g/mol. The SMILES string of the molecule is CC(C)(C)n1nnnc1Sc1nc(-c2ccc(Cl)cc2)cs1. The first-order valence-electron chi connectivity index (χ1n) is 6.62. The third-order valence-electron chi connectivity index (χ3n) is 2.88. The van der Waals surface area contributed by atoms with E-state index < -0.39 is 0 Å². The van der Waals surface area contributed by atoms with Crippen molar-refractivity contribution in [2.45, 2.75) is 35.8 Å². The minimum absolute atomic E-state index is 0.165. The highest BCUT2D eigenvalue weighted by molar-refractivity contribution is 8.00. The fraction of sp³-hybridized carbons (Fsp3) is 0.286. The van der Waals surface area contributed by atoms with E-state index in [1.54, 1.807) is 16.0 Å². The van der Waals surface area contributed by atoms with Gasteiger partial charge in [0.15, 0.2) is 4.34 Å². The maximum absolute atomic E-state index is 5.91. The number of benzene rings is 1. The van der Waals surface area contributed by atoms with Gasteiger partial charge >= 0.3 is 0 Å². The van der Waals surface area contributed by atoms with E-state index >= 15 is 0 Å². The van der Waals surface area contributed by atoms with Crippen molar-refractivity contribution >= 4 is 34.7 Å². The Morgan fingerprint density at radius 1 is 1.18 bits per heavy atom. The van der Waals surface area contributed by atoms with E-state index in [0.717, 1.165) is 25.8 Å². The van der Waals surface area contributed by atoms with Crippen LogP contribution in [0.2, 0.25) is 5.02 Å². The van der Waals surface area contributed by atoms with Crippen LogP contribution in [0.5, 0.6) is 0 Å². The fourth-order valence-electron chi connectivity index (χ4n) is 1.80. The molecule has 0 bridgehead atoms. The summed E-state index contributed by atoms with van der Waals surface area (Å²) < 4.78 is 2.71. The lowest BCUT2D eigenvalue weighted by Gasteiger charge is -2.18. The van der Waals surface area contributed by atoms with Crippen molar-refractivity contribution in [1.82, 2.24) is 25.2 Å². The summed E-state index contributed by atoms with van der Waals surface area (Å²) >= 11 is 8.96. The van der Waals surface area contributed by atoms with Crippen molar-refractivity contribution in [1.29, 1.82) is 0 Å². The van der Waals surface area contributed by atoms with Crippen molar-refractivity contribution in [3.05, 3.63) is 34.7 Å². The molecule has 5 nitrogen and oxygen atoms in total. The normalized spacial score (nSPS) is 11.8. The Bertz CT molecular complexity index is 773. The van der Waals surface area contributed by atoms with Gasteiger partial charge < -0.3 is 0 Å². The van der Waals surface area contributed by atoms with Crippen LogP contribution in [0, 0.1) is 0 Å². The van der Waals surface area contributed by atoms with Gasteiger partial charge in [-0.05, 0) is 55.1 Å². The van der Waals surface area contributed by atoms with Crippen molar-refractivity contribution in [3.8, 4) is 11.3 Å². The first kappa shape index (κ1) is 15.5. The second-order valence-corrected chi connectivity index (χ2v) is 8.16. The molecule has 114 valence electrons. The van der Waals surface area contributed by atoms with Crippen molar-refractivity contribution in [3.63, 3.8) is 0 Å². The predicted molar refractivity (Wildman–Crippen MR) is 89.5 cm³/mol. The molecule has 0 N–H and O–H groups in total. The van der Waals surface area contributed by atoms with Gasteiger partial charge in [-0.25, -0.2) is 9.67 Å². The summed E-state index contributed by atoms with van der Waals surface area (Å²) in [6, 6.07) is 7.66. The topological polar surface area (TPSA) is 56.5 Å². The zero-order valence-corrected chi connectivity index (χ0v) is 14.7. The number of hydrogen-bond donors (Lipinski definition) is 0. The van der Waals surface area contributed by atoms with Crippen LogP contribution in [0.4, 0.5) is 0 Å².